The molecular weight excluding hydrogens is 372 g/mol. The maximum atomic E-state index is 12.2. The van der Waals surface area contributed by atoms with Crippen LogP contribution in [0.25, 0.3) is 6.08 Å². The number of anilines is 2. The maximum absolute atomic E-state index is 12.2. The van der Waals surface area contributed by atoms with Gasteiger partial charge in [-0.3, -0.25) is 9.69 Å². The number of thiazole rings is 1. The van der Waals surface area contributed by atoms with Crippen molar-refractivity contribution in [3.63, 3.8) is 0 Å². The summed E-state index contributed by atoms with van der Waals surface area (Å²) in [6.45, 7) is 5.28. The second-order valence-electron chi connectivity index (χ2n) is 6.22. The first kappa shape index (κ1) is 19.5. The summed E-state index contributed by atoms with van der Waals surface area (Å²) >= 11 is 1.33. The summed E-state index contributed by atoms with van der Waals surface area (Å²) in [6, 6.07) is 15.0. The van der Waals surface area contributed by atoms with E-state index in [0.717, 1.165) is 16.8 Å². The van der Waals surface area contributed by atoms with Crippen LogP contribution in [0.15, 0.2) is 60.0 Å². The van der Waals surface area contributed by atoms with Gasteiger partial charge in [-0.2, -0.15) is 0 Å². The summed E-state index contributed by atoms with van der Waals surface area (Å²) in [5.74, 6) is -0.0353. The Hall–Kier alpha value is -3.25. The van der Waals surface area contributed by atoms with E-state index in [0.29, 0.717) is 16.6 Å². The van der Waals surface area contributed by atoms with Gasteiger partial charge in [0.1, 0.15) is 5.75 Å². The van der Waals surface area contributed by atoms with Crippen LogP contribution < -0.4 is 9.64 Å². The lowest BCUT2D eigenvalue weighted by Crippen LogP contribution is -2.22. The average molecular weight is 392 g/mol. The number of benzene rings is 2. The Balaban J connectivity index is 1.75. The number of hydrogen-bond donors (Lipinski definition) is 0. The maximum Gasteiger partial charge on any atom is 0.336 e. The predicted molar refractivity (Wildman–Crippen MR) is 112 cm³/mol. The average Bonchev–Trinajstić information content (AvgIpc) is 3.12. The Morgan fingerprint density at radius 3 is 2.36 bits per heavy atom. The molecule has 0 N–H and O–H groups in total. The van der Waals surface area contributed by atoms with Gasteiger partial charge in [0.05, 0.1) is 11.4 Å². The molecule has 0 unspecified atom stereocenters. The van der Waals surface area contributed by atoms with Crippen molar-refractivity contribution in [3.8, 4) is 5.75 Å². The lowest BCUT2D eigenvalue weighted by atomic mass is 10.1. The second kappa shape index (κ2) is 8.63. The van der Waals surface area contributed by atoms with E-state index in [9.17, 15) is 9.59 Å². The number of aryl methyl sites for hydroxylation is 2. The molecule has 1 aromatic heterocycles. The zero-order valence-electron chi connectivity index (χ0n) is 15.9. The normalized spacial score (nSPS) is 10.8. The fourth-order valence-corrected chi connectivity index (χ4v) is 3.56. The highest BCUT2D eigenvalue weighted by atomic mass is 32.1. The first-order valence-corrected chi connectivity index (χ1v) is 9.61. The summed E-state index contributed by atoms with van der Waals surface area (Å²) in [5, 5.41) is 2.33. The van der Waals surface area contributed by atoms with Gasteiger partial charge in [-0.25, -0.2) is 9.78 Å². The first-order chi connectivity index (χ1) is 13.5. The highest BCUT2D eigenvalue weighted by Gasteiger charge is 2.17. The van der Waals surface area contributed by atoms with E-state index in [4.69, 9.17) is 4.74 Å². The van der Waals surface area contributed by atoms with E-state index >= 15 is 0 Å². The Bertz CT molecular complexity index is 1010. The van der Waals surface area contributed by atoms with Gasteiger partial charge in [-0.05, 0) is 43.2 Å². The Morgan fingerprint density at radius 2 is 1.71 bits per heavy atom. The summed E-state index contributed by atoms with van der Waals surface area (Å²) < 4.78 is 5.44. The van der Waals surface area contributed by atoms with E-state index < -0.39 is 5.97 Å². The van der Waals surface area contributed by atoms with Gasteiger partial charge in [0.15, 0.2) is 5.13 Å². The fraction of sp³-hybridized carbons (Fsp3) is 0.136. The smallest absolute Gasteiger partial charge is 0.336 e. The Kier molecular flexibility index (Phi) is 6.01. The van der Waals surface area contributed by atoms with Crippen molar-refractivity contribution < 1.29 is 14.3 Å². The fourth-order valence-electron chi connectivity index (χ4n) is 2.71. The second-order valence-corrected chi connectivity index (χ2v) is 7.06. The Labute approximate surface area is 167 Å². The third-order valence-electron chi connectivity index (χ3n) is 4.03. The first-order valence-electron chi connectivity index (χ1n) is 8.73. The SMILES string of the molecule is CC(=O)N(c1ccccc1)c1nc(/C=C/C(=O)Oc2c(C)cccc2C)cs1. The molecule has 2 aromatic carbocycles. The monoisotopic (exact) mass is 392 g/mol. The minimum Gasteiger partial charge on any atom is -0.423 e. The zero-order chi connectivity index (χ0) is 20.1. The zero-order valence-corrected chi connectivity index (χ0v) is 16.7. The summed E-state index contributed by atoms with van der Waals surface area (Å²) in [6.07, 6.45) is 2.92. The van der Waals surface area contributed by atoms with Gasteiger partial charge < -0.3 is 4.74 Å². The van der Waals surface area contributed by atoms with Gasteiger partial charge in [-0.1, -0.05) is 36.4 Å². The van der Waals surface area contributed by atoms with E-state index in [1.165, 1.54) is 29.2 Å². The summed E-state index contributed by atoms with van der Waals surface area (Å²) in [5.41, 5.74) is 3.13. The number of hydrogen-bond acceptors (Lipinski definition) is 5. The van der Waals surface area contributed by atoms with Crippen molar-refractivity contribution in [1.29, 1.82) is 0 Å². The molecule has 28 heavy (non-hydrogen) atoms. The van der Waals surface area contributed by atoms with Crippen LogP contribution in [0.2, 0.25) is 0 Å². The number of nitrogens with zero attached hydrogens (tertiary/aromatic N) is 2. The number of esters is 1. The van der Waals surface area contributed by atoms with Crippen molar-refractivity contribution >= 4 is 40.1 Å². The molecule has 5 nitrogen and oxygen atoms in total. The molecule has 1 heterocycles. The standard InChI is InChI=1S/C22H20N2O3S/c1-15-8-7-9-16(2)21(15)27-20(26)13-12-18-14-28-22(23-18)24(17(3)25)19-10-5-4-6-11-19/h4-14H,1-3H3/b13-12+. The van der Waals surface area contributed by atoms with Crippen LogP contribution in [0.5, 0.6) is 5.75 Å². The van der Waals surface area contributed by atoms with Crippen LogP contribution in [0.4, 0.5) is 10.8 Å². The van der Waals surface area contributed by atoms with E-state index in [1.54, 1.807) is 11.5 Å². The molecule has 0 radical (unpaired) electrons. The van der Waals surface area contributed by atoms with Crippen LogP contribution in [0.1, 0.15) is 23.7 Å². The molecule has 0 aliphatic carbocycles. The highest BCUT2D eigenvalue weighted by molar-refractivity contribution is 7.14. The van der Waals surface area contributed by atoms with Crippen LogP contribution in [0, 0.1) is 13.8 Å². The van der Waals surface area contributed by atoms with E-state index in [-0.39, 0.29) is 5.91 Å². The van der Waals surface area contributed by atoms with Gasteiger partial charge in [-0.15, -0.1) is 11.3 Å². The lowest BCUT2D eigenvalue weighted by molar-refractivity contribution is -0.129. The van der Waals surface area contributed by atoms with E-state index in [2.05, 4.69) is 4.98 Å². The molecule has 142 valence electrons. The third-order valence-corrected chi connectivity index (χ3v) is 4.88. The molecule has 0 aliphatic heterocycles. The van der Waals surface area contributed by atoms with Gasteiger partial charge in [0.25, 0.3) is 0 Å². The molecular formula is C22H20N2O3S. The molecule has 0 bridgehead atoms. The van der Waals surface area contributed by atoms with Crippen LogP contribution in [-0.4, -0.2) is 16.9 Å². The molecule has 0 saturated heterocycles. The van der Waals surface area contributed by atoms with Gasteiger partial charge in [0, 0.05) is 18.4 Å². The van der Waals surface area contributed by atoms with Gasteiger partial charge >= 0.3 is 5.97 Å². The highest BCUT2D eigenvalue weighted by Crippen LogP contribution is 2.29. The van der Waals surface area contributed by atoms with Crippen molar-refractivity contribution in [2.75, 3.05) is 4.90 Å². The molecule has 0 saturated carbocycles. The topological polar surface area (TPSA) is 59.5 Å². The van der Waals surface area contributed by atoms with Gasteiger partial charge in [0.2, 0.25) is 5.91 Å². The van der Waals surface area contributed by atoms with Crippen LogP contribution >= 0.6 is 11.3 Å². The number of carbonyl (C=O) groups excluding carboxylic acids is 2. The predicted octanol–water partition coefficient (Wildman–Crippen LogP) is 5.06. The molecule has 6 heteroatoms. The molecule has 1 amide bonds. The number of rotatable bonds is 5. The number of para-hydroxylation sites is 2. The molecule has 3 rings (SSSR count). The number of ether oxygens (including phenoxy) is 1. The van der Waals surface area contributed by atoms with Crippen molar-refractivity contribution in [1.82, 2.24) is 4.98 Å². The van der Waals surface area contributed by atoms with Crippen molar-refractivity contribution in [2.45, 2.75) is 20.8 Å². The van der Waals surface area contributed by atoms with Crippen LogP contribution in [-0.2, 0) is 9.59 Å². The van der Waals surface area contributed by atoms with E-state index in [1.807, 2.05) is 62.4 Å². The third kappa shape index (κ3) is 4.53. The molecule has 0 fully saturated rings. The van der Waals surface area contributed by atoms with Crippen LogP contribution in [0.3, 0.4) is 0 Å². The van der Waals surface area contributed by atoms with Crippen molar-refractivity contribution in [2.24, 2.45) is 0 Å². The number of aromatic nitrogens is 1. The lowest BCUT2D eigenvalue weighted by Gasteiger charge is -2.17. The summed E-state index contributed by atoms with van der Waals surface area (Å²) in [7, 11) is 0. The quantitative estimate of drug-likeness (QED) is 0.346. The molecule has 0 atom stereocenters. The summed E-state index contributed by atoms with van der Waals surface area (Å²) in [4.78, 5) is 30.2. The number of amides is 1. The Morgan fingerprint density at radius 1 is 1.04 bits per heavy atom. The molecule has 3 aromatic rings. The minimum atomic E-state index is -0.474. The molecule has 0 aliphatic rings. The minimum absolute atomic E-state index is 0.134. The molecule has 0 spiro atoms. The largest absolute Gasteiger partial charge is 0.423 e. The van der Waals surface area contributed by atoms with Crippen molar-refractivity contribution in [3.05, 3.63) is 76.8 Å². The number of carbonyl (C=O) groups is 2.